The van der Waals surface area contributed by atoms with Gasteiger partial charge in [-0.3, -0.25) is 14.0 Å². The van der Waals surface area contributed by atoms with Crippen LogP contribution in [0.5, 0.6) is 0 Å². The third kappa shape index (κ3) is 2.66. The Kier molecular flexibility index (Phi) is 3.68. The topological polar surface area (TPSA) is 85.8 Å². The van der Waals surface area contributed by atoms with E-state index in [9.17, 15) is 4.79 Å². The Morgan fingerprint density at radius 2 is 2.33 bits per heavy atom. The number of hydrogen-bond acceptors (Lipinski definition) is 6. The van der Waals surface area contributed by atoms with Gasteiger partial charge < -0.3 is 5.11 Å². The zero-order valence-corrected chi connectivity index (χ0v) is 13.1. The average molecular weight is 323 g/mol. The lowest BCUT2D eigenvalue weighted by Crippen LogP contribution is -2.07. The number of carboxylic acid groups (broad SMARTS) is 1. The van der Waals surface area contributed by atoms with Gasteiger partial charge >= 0.3 is 5.97 Å². The number of thioether (sulfide) groups is 1. The standard InChI is InChI=1S/C12H13N5O2S2/c1-7-10-11(16(2)15-7)17(5-8-13-3-4-20-8)12(14-10)21-6-9(18)19/h3-4H,5-6H2,1-2H3,(H,18,19). The van der Waals surface area contributed by atoms with Crippen LogP contribution in [0.3, 0.4) is 0 Å². The Morgan fingerprint density at radius 3 is 3.00 bits per heavy atom. The van der Waals surface area contributed by atoms with Crippen molar-refractivity contribution in [1.29, 1.82) is 0 Å². The van der Waals surface area contributed by atoms with Gasteiger partial charge in [-0.15, -0.1) is 11.3 Å². The van der Waals surface area contributed by atoms with Gasteiger partial charge in [-0.2, -0.15) is 5.10 Å². The van der Waals surface area contributed by atoms with Gasteiger partial charge in [0.2, 0.25) is 0 Å². The summed E-state index contributed by atoms with van der Waals surface area (Å²) in [6, 6.07) is 0. The van der Waals surface area contributed by atoms with Crippen molar-refractivity contribution in [3.63, 3.8) is 0 Å². The molecule has 0 spiro atoms. The van der Waals surface area contributed by atoms with Gasteiger partial charge in [0.25, 0.3) is 0 Å². The van der Waals surface area contributed by atoms with E-state index in [0.717, 1.165) is 21.9 Å². The fraction of sp³-hybridized carbons (Fsp3) is 0.333. The highest BCUT2D eigenvalue weighted by molar-refractivity contribution is 7.99. The Morgan fingerprint density at radius 1 is 1.52 bits per heavy atom. The summed E-state index contributed by atoms with van der Waals surface area (Å²) in [7, 11) is 1.86. The predicted molar refractivity (Wildman–Crippen MR) is 80.8 cm³/mol. The van der Waals surface area contributed by atoms with E-state index in [1.807, 2.05) is 23.9 Å². The molecule has 0 saturated heterocycles. The van der Waals surface area contributed by atoms with Gasteiger partial charge in [0, 0.05) is 18.6 Å². The molecule has 3 aromatic heterocycles. The Hall–Kier alpha value is -1.87. The first kappa shape index (κ1) is 14.1. The van der Waals surface area contributed by atoms with Gasteiger partial charge in [-0.1, -0.05) is 11.8 Å². The smallest absolute Gasteiger partial charge is 0.313 e. The molecule has 110 valence electrons. The van der Waals surface area contributed by atoms with Crippen LogP contribution >= 0.6 is 23.1 Å². The lowest BCUT2D eigenvalue weighted by atomic mass is 10.4. The van der Waals surface area contributed by atoms with E-state index in [0.29, 0.717) is 11.7 Å². The first-order chi connectivity index (χ1) is 10.1. The summed E-state index contributed by atoms with van der Waals surface area (Å²) in [5.74, 6) is -0.879. The van der Waals surface area contributed by atoms with Crippen LogP contribution in [-0.2, 0) is 18.4 Å². The second kappa shape index (κ2) is 5.49. The van der Waals surface area contributed by atoms with Crippen LogP contribution in [0, 0.1) is 6.92 Å². The maximum absolute atomic E-state index is 10.8. The zero-order valence-electron chi connectivity index (χ0n) is 11.5. The van der Waals surface area contributed by atoms with Crippen LogP contribution in [0.4, 0.5) is 0 Å². The average Bonchev–Trinajstić information content (AvgIpc) is 3.09. The summed E-state index contributed by atoms with van der Waals surface area (Å²) in [4.78, 5) is 19.6. The molecule has 1 N–H and O–H groups in total. The minimum atomic E-state index is -0.859. The maximum Gasteiger partial charge on any atom is 0.313 e. The Bertz CT molecular complexity index is 790. The van der Waals surface area contributed by atoms with E-state index in [4.69, 9.17) is 5.11 Å². The molecule has 0 unspecified atom stereocenters. The summed E-state index contributed by atoms with van der Waals surface area (Å²) in [5, 5.41) is 16.8. The van der Waals surface area contributed by atoms with E-state index in [-0.39, 0.29) is 5.75 Å². The van der Waals surface area contributed by atoms with Crippen molar-refractivity contribution in [3.05, 3.63) is 22.3 Å². The molecular weight excluding hydrogens is 310 g/mol. The van der Waals surface area contributed by atoms with E-state index in [1.54, 1.807) is 22.2 Å². The molecule has 0 aromatic carbocycles. The van der Waals surface area contributed by atoms with E-state index in [2.05, 4.69) is 15.1 Å². The molecule has 7 nitrogen and oxygen atoms in total. The third-order valence-electron chi connectivity index (χ3n) is 2.96. The fourth-order valence-corrected chi connectivity index (χ4v) is 3.48. The SMILES string of the molecule is Cc1nn(C)c2c1nc(SCC(=O)O)n2Cc1nccs1. The number of carboxylic acids is 1. The van der Waals surface area contributed by atoms with Crippen LogP contribution in [0.25, 0.3) is 11.2 Å². The van der Waals surface area contributed by atoms with Gasteiger partial charge in [0.1, 0.15) is 10.5 Å². The third-order valence-corrected chi connectivity index (χ3v) is 4.68. The van der Waals surface area contributed by atoms with Crippen LogP contribution in [0.15, 0.2) is 16.7 Å². The van der Waals surface area contributed by atoms with E-state index >= 15 is 0 Å². The van der Waals surface area contributed by atoms with Crippen molar-refractivity contribution < 1.29 is 9.90 Å². The van der Waals surface area contributed by atoms with Crippen molar-refractivity contribution >= 4 is 40.2 Å². The summed E-state index contributed by atoms with van der Waals surface area (Å²) >= 11 is 2.77. The van der Waals surface area contributed by atoms with Gasteiger partial charge in [-0.05, 0) is 6.92 Å². The zero-order chi connectivity index (χ0) is 15.0. The highest BCUT2D eigenvalue weighted by atomic mass is 32.2. The molecule has 0 aliphatic heterocycles. The normalized spacial score (nSPS) is 11.3. The largest absolute Gasteiger partial charge is 0.481 e. The minimum Gasteiger partial charge on any atom is -0.481 e. The summed E-state index contributed by atoms with van der Waals surface area (Å²) in [5.41, 5.74) is 2.53. The number of aromatic nitrogens is 5. The maximum atomic E-state index is 10.8. The monoisotopic (exact) mass is 323 g/mol. The molecule has 3 rings (SSSR count). The lowest BCUT2D eigenvalue weighted by Gasteiger charge is -2.06. The first-order valence-corrected chi connectivity index (χ1v) is 8.05. The predicted octanol–water partition coefficient (Wildman–Crippen LogP) is 1.76. The molecule has 0 radical (unpaired) electrons. The molecule has 9 heteroatoms. The second-order valence-electron chi connectivity index (χ2n) is 4.47. The van der Waals surface area contributed by atoms with Crippen molar-refractivity contribution in [3.8, 4) is 0 Å². The Labute approximate surface area is 128 Å². The molecule has 0 aliphatic carbocycles. The van der Waals surface area contributed by atoms with Crippen molar-refractivity contribution in [1.82, 2.24) is 24.3 Å². The number of imidazole rings is 1. The number of carbonyl (C=O) groups is 1. The quantitative estimate of drug-likeness (QED) is 0.720. The molecule has 0 fully saturated rings. The fourth-order valence-electron chi connectivity index (χ4n) is 2.16. The van der Waals surface area contributed by atoms with Crippen LogP contribution in [-0.4, -0.2) is 41.1 Å². The highest BCUT2D eigenvalue weighted by Crippen LogP contribution is 2.27. The molecule has 0 saturated carbocycles. The van der Waals surface area contributed by atoms with Crippen molar-refractivity contribution in [2.24, 2.45) is 7.05 Å². The number of hydrogen-bond donors (Lipinski definition) is 1. The number of rotatable bonds is 5. The van der Waals surface area contributed by atoms with E-state index in [1.165, 1.54) is 11.8 Å². The summed E-state index contributed by atoms with van der Waals surface area (Å²) in [6.45, 7) is 2.46. The summed E-state index contributed by atoms with van der Waals surface area (Å²) < 4.78 is 3.75. The van der Waals surface area contributed by atoms with Gasteiger partial charge in [-0.25, -0.2) is 9.97 Å². The van der Waals surface area contributed by atoms with Crippen LogP contribution < -0.4 is 0 Å². The first-order valence-electron chi connectivity index (χ1n) is 6.19. The second-order valence-corrected chi connectivity index (χ2v) is 6.39. The van der Waals surface area contributed by atoms with Crippen LogP contribution in [0.2, 0.25) is 0 Å². The lowest BCUT2D eigenvalue weighted by molar-refractivity contribution is -0.133. The number of nitrogens with zero attached hydrogens (tertiary/aromatic N) is 5. The van der Waals surface area contributed by atoms with Crippen molar-refractivity contribution in [2.75, 3.05) is 5.75 Å². The molecule has 0 atom stereocenters. The molecule has 0 amide bonds. The molecule has 3 aromatic rings. The highest BCUT2D eigenvalue weighted by Gasteiger charge is 2.19. The van der Waals surface area contributed by atoms with Crippen LogP contribution in [0.1, 0.15) is 10.7 Å². The Balaban J connectivity index is 2.07. The molecular formula is C12H13N5O2S2. The molecule has 3 heterocycles. The summed E-state index contributed by atoms with van der Waals surface area (Å²) in [6.07, 6.45) is 1.76. The van der Waals surface area contributed by atoms with Crippen molar-refractivity contribution in [2.45, 2.75) is 18.6 Å². The number of fused-ring (bicyclic) bond motifs is 1. The van der Waals surface area contributed by atoms with E-state index < -0.39 is 5.97 Å². The minimum absolute atomic E-state index is 0.0202. The van der Waals surface area contributed by atoms with Gasteiger partial charge in [0.15, 0.2) is 10.8 Å². The van der Waals surface area contributed by atoms with Gasteiger partial charge in [0.05, 0.1) is 18.0 Å². The molecule has 21 heavy (non-hydrogen) atoms. The number of aliphatic carboxylic acids is 1. The number of thiazole rings is 1. The number of aryl methyl sites for hydroxylation is 2. The molecule has 0 bridgehead atoms. The molecule has 0 aliphatic rings.